The first kappa shape index (κ1) is 23.0. The monoisotopic (exact) mass is 462 g/mol. The van der Waals surface area contributed by atoms with Crippen LogP contribution in [0.15, 0.2) is 54.6 Å². The molecule has 0 atom stereocenters. The zero-order valence-corrected chi connectivity index (χ0v) is 18.5. The number of carbonyl (C=O) groups is 3. The number of ether oxygens (including phenoxy) is 1. The van der Waals surface area contributed by atoms with Gasteiger partial charge in [0.1, 0.15) is 12.3 Å². The van der Waals surface area contributed by atoms with Gasteiger partial charge in [-0.3, -0.25) is 20.0 Å². The maximum absolute atomic E-state index is 12.4. The zero-order valence-electron chi connectivity index (χ0n) is 18.5. The Morgan fingerprint density at radius 1 is 0.971 bits per heavy atom. The summed E-state index contributed by atoms with van der Waals surface area (Å²) in [5, 5.41) is 20.4. The number of nitrogens with one attached hydrogen (secondary N) is 3. The van der Waals surface area contributed by atoms with E-state index in [-0.39, 0.29) is 36.4 Å². The Kier molecular flexibility index (Phi) is 7.22. The first-order valence-electron chi connectivity index (χ1n) is 11.2. The van der Waals surface area contributed by atoms with Crippen LogP contribution in [-0.2, 0) is 9.53 Å². The standard InChI is InChI=1S/C25H26N4O5/c30-23(31)12-2-1-7-13-26-24(32)21-14-22(29-28-21)27-25(33)34-15-20-18-10-5-3-8-16(18)17-9-4-6-11-19(17)20/h3-6,8-11,14,20H,1-2,7,12-13,15H2,(H,26,32)(H,30,31)(H2,27,28,29,33). The van der Waals surface area contributed by atoms with Gasteiger partial charge in [-0.1, -0.05) is 55.0 Å². The first-order valence-corrected chi connectivity index (χ1v) is 11.2. The van der Waals surface area contributed by atoms with Crippen molar-refractivity contribution < 1.29 is 24.2 Å². The highest BCUT2D eigenvalue weighted by Crippen LogP contribution is 2.44. The van der Waals surface area contributed by atoms with E-state index < -0.39 is 12.1 Å². The molecule has 0 bridgehead atoms. The quantitative estimate of drug-likeness (QED) is 0.335. The Balaban J connectivity index is 1.25. The molecule has 1 aromatic heterocycles. The highest BCUT2D eigenvalue weighted by Gasteiger charge is 2.29. The molecule has 3 aromatic rings. The summed E-state index contributed by atoms with van der Waals surface area (Å²) in [6, 6.07) is 17.6. The second-order valence-electron chi connectivity index (χ2n) is 8.08. The summed E-state index contributed by atoms with van der Waals surface area (Å²) in [6.07, 6.45) is 1.43. The van der Waals surface area contributed by atoms with E-state index >= 15 is 0 Å². The minimum Gasteiger partial charge on any atom is -0.481 e. The lowest BCUT2D eigenvalue weighted by Crippen LogP contribution is -2.24. The predicted molar refractivity (Wildman–Crippen MR) is 126 cm³/mol. The van der Waals surface area contributed by atoms with Crippen LogP contribution in [0.4, 0.5) is 10.6 Å². The van der Waals surface area contributed by atoms with Crippen LogP contribution in [-0.4, -0.2) is 46.4 Å². The molecule has 0 saturated heterocycles. The van der Waals surface area contributed by atoms with Gasteiger partial charge in [-0.2, -0.15) is 5.10 Å². The zero-order chi connectivity index (χ0) is 23.9. The minimum atomic E-state index is -0.821. The number of aromatic nitrogens is 2. The second-order valence-corrected chi connectivity index (χ2v) is 8.08. The lowest BCUT2D eigenvalue weighted by molar-refractivity contribution is -0.137. The number of nitrogens with zero attached hydrogens (tertiary/aromatic N) is 1. The van der Waals surface area contributed by atoms with Crippen molar-refractivity contribution in [1.82, 2.24) is 15.5 Å². The van der Waals surface area contributed by atoms with Crippen molar-refractivity contribution in [2.75, 3.05) is 18.5 Å². The molecule has 0 radical (unpaired) electrons. The number of hydrogen-bond acceptors (Lipinski definition) is 5. The topological polar surface area (TPSA) is 133 Å². The molecule has 4 N–H and O–H groups in total. The van der Waals surface area contributed by atoms with Gasteiger partial charge in [0.15, 0.2) is 5.82 Å². The van der Waals surface area contributed by atoms with Gasteiger partial charge in [0, 0.05) is 24.9 Å². The molecular weight excluding hydrogens is 436 g/mol. The number of carboxylic acids is 1. The van der Waals surface area contributed by atoms with Gasteiger partial charge in [0.25, 0.3) is 5.91 Å². The third kappa shape index (κ3) is 5.43. The van der Waals surface area contributed by atoms with Gasteiger partial charge in [-0.05, 0) is 35.1 Å². The van der Waals surface area contributed by atoms with Crippen molar-refractivity contribution in [3.05, 3.63) is 71.4 Å². The smallest absolute Gasteiger partial charge is 0.412 e. The second kappa shape index (κ2) is 10.7. The Labute approximate surface area is 196 Å². The third-order valence-corrected chi connectivity index (χ3v) is 5.75. The number of unbranched alkanes of at least 4 members (excludes halogenated alkanes) is 2. The molecular formula is C25H26N4O5. The molecule has 0 aliphatic heterocycles. The third-order valence-electron chi connectivity index (χ3n) is 5.75. The predicted octanol–water partition coefficient (Wildman–Crippen LogP) is 4.15. The molecule has 0 fully saturated rings. The number of carbonyl (C=O) groups excluding carboxylic acids is 2. The number of carboxylic acid groups (broad SMARTS) is 1. The number of rotatable bonds is 10. The number of amides is 2. The number of benzene rings is 2. The number of anilines is 1. The van der Waals surface area contributed by atoms with E-state index in [0.717, 1.165) is 22.3 Å². The SMILES string of the molecule is O=C(O)CCCCCNC(=O)c1cc(NC(=O)OCC2c3ccccc3-c3ccccc32)n[nH]1. The van der Waals surface area contributed by atoms with Gasteiger partial charge in [-0.15, -0.1) is 0 Å². The summed E-state index contributed by atoms with van der Waals surface area (Å²) >= 11 is 0. The molecule has 0 spiro atoms. The summed E-state index contributed by atoms with van der Waals surface area (Å²) in [5.74, 6) is -1.04. The molecule has 1 aliphatic carbocycles. The van der Waals surface area contributed by atoms with E-state index in [2.05, 4.69) is 33.0 Å². The van der Waals surface area contributed by atoms with Crippen LogP contribution in [0.1, 0.15) is 53.2 Å². The normalized spacial score (nSPS) is 12.0. The van der Waals surface area contributed by atoms with E-state index in [1.807, 2.05) is 36.4 Å². The van der Waals surface area contributed by atoms with E-state index in [1.165, 1.54) is 6.07 Å². The fraction of sp³-hybridized carbons (Fsp3) is 0.280. The van der Waals surface area contributed by atoms with Gasteiger partial charge >= 0.3 is 12.1 Å². The van der Waals surface area contributed by atoms with Crippen LogP contribution in [0.2, 0.25) is 0 Å². The van der Waals surface area contributed by atoms with E-state index in [1.54, 1.807) is 0 Å². The summed E-state index contributed by atoms with van der Waals surface area (Å²) in [6.45, 7) is 0.603. The maximum atomic E-state index is 12.4. The van der Waals surface area contributed by atoms with E-state index in [0.29, 0.717) is 25.8 Å². The number of aliphatic carboxylic acids is 1. The van der Waals surface area contributed by atoms with Crippen LogP contribution in [0.3, 0.4) is 0 Å². The summed E-state index contributed by atoms with van der Waals surface area (Å²) in [7, 11) is 0. The Morgan fingerprint density at radius 2 is 1.65 bits per heavy atom. The van der Waals surface area contributed by atoms with Crippen LogP contribution >= 0.6 is 0 Å². The first-order chi connectivity index (χ1) is 16.5. The largest absolute Gasteiger partial charge is 0.481 e. The van der Waals surface area contributed by atoms with E-state index in [4.69, 9.17) is 9.84 Å². The lowest BCUT2D eigenvalue weighted by Gasteiger charge is -2.14. The molecule has 9 heteroatoms. The minimum absolute atomic E-state index is 0.0471. The van der Waals surface area contributed by atoms with Crippen molar-refractivity contribution >= 4 is 23.8 Å². The molecule has 9 nitrogen and oxygen atoms in total. The molecule has 176 valence electrons. The highest BCUT2D eigenvalue weighted by atomic mass is 16.5. The Bertz CT molecular complexity index is 1140. The van der Waals surface area contributed by atoms with Crippen LogP contribution in [0.5, 0.6) is 0 Å². The fourth-order valence-corrected chi connectivity index (χ4v) is 4.12. The van der Waals surface area contributed by atoms with Crippen molar-refractivity contribution in [3.63, 3.8) is 0 Å². The van der Waals surface area contributed by atoms with Crippen LogP contribution in [0.25, 0.3) is 11.1 Å². The number of aromatic amines is 1. The highest BCUT2D eigenvalue weighted by molar-refractivity contribution is 5.94. The number of fused-ring (bicyclic) bond motifs is 3. The summed E-state index contributed by atoms with van der Waals surface area (Å²) < 4.78 is 5.49. The maximum Gasteiger partial charge on any atom is 0.412 e. The van der Waals surface area contributed by atoms with Crippen molar-refractivity contribution in [2.24, 2.45) is 0 Å². The van der Waals surface area contributed by atoms with Gasteiger partial charge in [0.2, 0.25) is 0 Å². The van der Waals surface area contributed by atoms with Gasteiger partial charge in [-0.25, -0.2) is 4.79 Å². The van der Waals surface area contributed by atoms with Crippen LogP contribution in [0, 0.1) is 0 Å². The fourth-order valence-electron chi connectivity index (χ4n) is 4.12. The number of hydrogen-bond donors (Lipinski definition) is 4. The van der Waals surface area contributed by atoms with Crippen molar-refractivity contribution in [3.8, 4) is 11.1 Å². The molecule has 4 rings (SSSR count). The average molecular weight is 463 g/mol. The summed E-state index contributed by atoms with van der Waals surface area (Å²) in [4.78, 5) is 35.1. The molecule has 1 heterocycles. The molecule has 0 unspecified atom stereocenters. The Morgan fingerprint density at radius 3 is 2.32 bits per heavy atom. The Hall–Kier alpha value is -4.14. The van der Waals surface area contributed by atoms with Crippen LogP contribution < -0.4 is 10.6 Å². The van der Waals surface area contributed by atoms with Gasteiger partial charge < -0.3 is 15.2 Å². The number of H-pyrrole nitrogens is 1. The molecule has 34 heavy (non-hydrogen) atoms. The average Bonchev–Trinajstić information content (AvgIpc) is 3.42. The van der Waals surface area contributed by atoms with Gasteiger partial charge in [0.05, 0.1) is 0 Å². The molecule has 2 amide bonds. The van der Waals surface area contributed by atoms with Crippen molar-refractivity contribution in [2.45, 2.75) is 31.6 Å². The van der Waals surface area contributed by atoms with Crippen molar-refractivity contribution in [1.29, 1.82) is 0 Å². The molecule has 0 saturated carbocycles. The lowest BCUT2D eigenvalue weighted by atomic mass is 9.98. The molecule has 1 aliphatic rings. The van der Waals surface area contributed by atoms with E-state index in [9.17, 15) is 14.4 Å². The molecule has 2 aromatic carbocycles. The summed E-state index contributed by atoms with van der Waals surface area (Å²) in [5.41, 5.74) is 4.75.